The number of carbonyl (C=O) groups is 11. The molecule has 9 rings (SSSR count). The number of imidazole rings is 1. The Morgan fingerprint density at radius 1 is 0.631 bits per heavy atom. The predicted octanol–water partition coefficient (Wildman–Crippen LogP) is 2.70. The maximum atomic E-state index is 15.2. The lowest BCUT2D eigenvalue weighted by Crippen LogP contribution is -2.63. The van der Waals surface area contributed by atoms with Gasteiger partial charge in [-0.05, 0) is 141 Å². The van der Waals surface area contributed by atoms with Crippen LogP contribution in [-0.2, 0) is 89.9 Å². The highest BCUT2D eigenvalue weighted by Gasteiger charge is 2.49. The topological polar surface area (TPSA) is 440 Å². The van der Waals surface area contributed by atoms with Gasteiger partial charge in [0.25, 0.3) is 0 Å². The number of nitrogens with one attached hydrogen (secondary N) is 11. The molecule has 103 heavy (non-hydrogen) atoms. The number of benzene rings is 4. The van der Waals surface area contributed by atoms with Crippen molar-refractivity contribution < 1.29 is 76.1 Å². The number of unbranched alkanes of at least 4 members (excludes halogenated alkanes) is 1. The number of carbonyl (C=O) groups excluding carboxylic acids is 10. The van der Waals surface area contributed by atoms with Gasteiger partial charge in [-0.25, -0.2) is 18.2 Å². The predicted molar refractivity (Wildman–Crippen MR) is 376 cm³/mol. The van der Waals surface area contributed by atoms with Crippen molar-refractivity contribution in [2.45, 2.75) is 150 Å². The third kappa shape index (κ3) is 20.9. The first-order chi connectivity index (χ1) is 49.2. The Morgan fingerprint density at radius 3 is 1.78 bits per heavy atom. The minimum absolute atomic E-state index is 0.0218. The molecular weight excluding hydrogens is 1380 g/mol. The lowest BCUT2D eigenvalue weighted by molar-refractivity contribution is -0.147. The highest BCUT2D eigenvalue weighted by Crippen LogP contribution is 2.32. The molecule has 7 aromatic rings. The number of aromatic amines is 3. The van der Waals surface area contributed by atoms with Crippen LogP contribution < -0.4 is 54.0 Å². The number of carboxylic acid groups (broad SMARTS) is 1. The van der Waals surface area contributed by atoms with E-state index in [0.29, 0.717) is 51.5 Å². The van der Waals surface area contributed by atoms with Gasteiger partial charge in [0.05, 0.1) is 12.7 Å². The number of hydrogen-bond donors (Lipinski definition) is 15. The van der Waals surface area contributed by atoms with Crippen LogP contribution in [0.4, 0.5) is 13.2 Å². The number of carboxylic acids is 1. The largest absolute Gasteiger partial charge is 0.508 e. The second-order valence-electron chi connectivity index (χ2n) is 25.7. The van der Waals surface area contributed by atoms with Crippen LogP contribution in [0, 0.1) is 17.5 Å². The quantitative estimate of drug-likeness (QED) is 0.0656. The number of amides is 10. The number of aromatic hydroxyl groups is 1. The summed E-state index contributed by atoms with van der Waals surface area (Å²) in [6.07, 6.45) is 3.98. The molecule has 0 radical (unpaired) electrons. The van der Waals surface area contributed by atoms with E-state index in [4.69, 9.17) is 11.5 Å². The summed E-state index contributed by atoms with van der Waals surface area (Å²) in [5.74, 6) is -12.4. The number of hydrogen-bond acceptors (Lipinski definition) is 16. The first-order valence-electron chi connectivity index (χ1n) is 33.4. The molecule has 33 heteroatoms. The van der Waals surface area contributed by atoms with E-state index in [2.05, 4.69) is 62.5 Å². The molecule has 548 valence electrons. The Balaban J connectivity index is 1.07. The van der Waals surface area contributed by atoms with Crippen LogP contribution in [0.15, 0.2) is 104 Å². The second kappa shape index (κ2) is 35.5. The molecule has 0 unspecified atom stereocenters. The van der Waals surface area contributed by atoms with Crippen LogP contribution >= 0.6 is 23.5 Å². The van der Waals surface area contributed by atoms with Crippen molar-refractivity contribution in [3.05, 3.63) is 155 Å². The smallest absolute Gasteiger partial charge is 0.305 e. The van der Waals surface area contributed by atoms with Crippen molar-refractivity contribution in [3.63, 3.8) is 0 Å². The number of halogens is 3. The SMILES string of the molecule is C[C@H]1NC(=O)[C@H](CCCCN)NC(=O)CCSCc2cc(F)cc(c2)CSC[C@@H](C(N)=O)NC(=O)[C@]2(C)CCCN2C(=O)[C@H](Cc2ccc(O)cc2)NC(=O)[C@H](Cc2cnc[nH]2)NC(=O)[C@H](CC(=O)O)NC(=O)[C@H](Cc2c[nH]c3ccc(F)cc23)NC(=O)[C@H](Cc2c[nH]c3ccc(F)cc23)NC1=O. The van der Waals surface area contributed by atoms with Crippen molar-refractivity contribution in [2.24, 2.45) is 11.5 Å². The fourth-order valence-corrected chi connectivity index (χ4v) is 14.2. The zero-order chi connectivity index (χ0) is 74.1. The maximum absolute atomic E-state index is 15.2. The molecule has 2 aliphatic heterocycles. The molecule has 3 aromatic heterocycles. The van der Waals surface area contributed by atoms with Gasteiger partial charge in [0.15, 0.2) is 0 Å². The van der Waals surface area contributed by atoms with Gasteiger partial charge in [0, 0.05) is 108 Å². The normalized spacial score (nSPS) is 23.2. The number of aliphatic carboxylic acids is 1. The molecule has 0 aliphatic carbocycles. The number of rotatable bonds is 15. The fraction of sp³-hybridized carbons (Fsp3) is 0.400. The van der Waals surface area contributed by atoms with E-state index in [1.807, 2.05) is 0 Å². The number of primary amides is 1. The number of nitrogens with zero attached hydrogens (tertiary/aromatic N) is 2. The molecule has 1 fully saturated rings. The first-order valence-corrected chi connectivity index (χ1v) is 35.7. The third-order valence-electron chi connectivity index (χ3n) is 17.9. The zero-order valence-electron chi connectivity index (χ0n) is 56.3. The Morgan fingerprint density at radius 2 is 1.19 bits per heavy atom. The molecule has 4 aromatic carbocycles. The summed E-state index contributed by atoms with van der Waals surface area (Å²) in [7, 11) is 0. The Labute approximate surface area is 597 Å². The molecule has 28 nitrogen and oxygen atoms in total. The Hall–Kier alpha value is -10.4. The van der Waals surface area contributed by atoms with Crippen molar-refractivity contribution in [3.8, 4) is 5.75 Å². The zero-order valence-corrected chi connectivity index (χ0v) is 58.0. The van der Waals surface area contributed by atoms with Crippen LogP contribution in [0.2, 0.25) is 0 Å². The summed E-state index contributed by atoms with van der Waals surface area (Å²) in [4.78, 5) is 172. The molecular formula is C70H82F3N15O13S2. The summed E-state index contributed by atoms with van der Waals surface area (Å²) < 4.78 is 45.1. The van der Waals surface area contributed by atoms with Crippen LogP contribution in [0.3, 0.4) is 0 Å². The van der Waals surface area contributed by atoms with E-state index >= 15 is 23.6 Å². The Kier molecular flexibility index (Phi) is 26.4. The second-order valence-corrected chi connectivity index (χ2v) is 27.8. The van der Waals surface area contributed by atoms with Crippen molar-refractivity contribution >= 4 is 110 Å². The average Bonchev–Trinajstić information content (AvgIpc) is 1.68. The lowest BCUT2D eigenvalue weighted by atomic mass is 9.95. The van der Waals surface area contributed by atoms with Gasteiger partial charge in [-0.1, -0.05) is 18.2 Å². The van der Waals surface area contributed by atoms with E-state index in [0.717, 1.165) is 6.07 Å². The van der Waals surface area contributed by atoms with Crippen LogP contribution in [0.25, 0.3) is 21.8 Å². The minimum atomic E-state index is -2.07. The van der Waals surface area contributed by atoms with E-state index in [9.17, 15) is 52.6 Å². The van der Waals surface area contributed by atoms with Crippen LogP contribution in [0.1, 0.15) is 92.3 Å². The van der Waals surface area contributed by atoms with Crippen molar-refractivity contribution in [1.29, 1.82) is 0 Å². The summed E-state index contributed by atoms with van der Waals surface area (Å²) >= 11 is 2.47. The van der Waals surface area contributed by atoms with Gasteiger partial charge in [-0.2, -0.15) is 23.5 Å². The summed E-state index contributed by atoms with van der Waals surface area (Å²) in [5.41, 5.74) is 13.1. The van der Waals surface area contributed by atoms with E-state index < -0.39 is 162 Å². The summed E-state index contributed by atoms with van der Waals surface area (Å²) in [6, 6.07) is 4.86. The first kappa shape index (κ1) is 76.8. The van der Waals surface area contributed by atoms with Gasteiger partial charge in [0.1, 0.15) is 77.1 Å². The molecule has 2 aliphatic rings. The molecule has 0 spiro atoms. The van der Waals surface area contributed by atoms with Gasteiger partial charge >= 0.3 is 5.97 Å². The van der Waals surface area contributed by atoms with E-state index in [-0.39, 0.29) is 90.6 Å². The highest BCUT2D eigenvalue weighted by molar-refractivity contribution is 7.98. The van der Waals surface area contributed by atoms with E-state index in [1.165, 1.54) is 134 Å². The molecule has 5 heterocycles. The third-order valence-corrected chi connectivity index (χ3v) is 20.0. The number of phenolic OH excluding ortho intramolecular Hbond substituents is 1. The van der Waals surface area contributed by atoms with Crippen LogP contribution in [-0.4, -0.2) is 179 Å². The molecule has 1 saturated heterocycles. The number of phenols is 1. The molecule has 2 bridgehead atoms. The monoisotopic (exact) mass is 1460 g/mol. The number of aromatic nitrogens is 4. The molecule has 0 saturated carbocycles. The van der Waals surface area contributed by atoms with Gasteiger partial charge in [0.2, 0.25) is 59.1 Å². The van der Waals surface area contributed by atoms with Crippen molar-refractivity contribution in [1.82, 2.24) is 67.4 Å². The van der Waals surface area contributed by atoms with Gasteiger partial charge in [-0.15, -0.1) is 0 Å². The number of thioether (sulfide) groups is 2. The van der Waals surface area contributed by atoms with E-state index in [1.54, 1.807) is 6.07 Å². The van der Waals surface area contributed by atoms with Gasteiger partial charge in [-0.3, -0.25) is 52.7 Å². The number of nitrogens with two attached hydrogens (primary N) is 2. The molecule has 9 atom stereocenters. The lowest BCUT2D eigenvalue weighted by Gasteiger charge is -2.37. The Bertz CT molecular complexity index is 4260. The summed E-state index contributed by atoms with van der Waals surface area (Å²) in [5, 5.41) is 42.1. The fourth-order valence-electron chi connectivity index (χ4n) is 12.4. The number of H-pyrrole nitrogens is 3. The average molecular weight is 1460 g/mol. The molecule has 10 amide bonds. The maximum Gasteiger partial charge on any atom is 0.305 e. The highest BCUT2D eigenvalue weighted by atomic mass is 32.2. The summed E-state index contributed by atoms with van der Waals surface area (Å²) in [6.45, 7) is 3.04. The van der Waals surface area contributed by atoms with Crippen LogP contribution in [0.5, 0.6) is 5.75 Å². The number of fused-ring (bicyclic) bond motifs is 5. The van der Waals surface area contributed by atoms with Crippen molar-refractivity contribution in [2.75, 3.05) is 24.6 Å². The minimum Gasteiger partial charge on any atom is -0.508 e. The standard InChI is InChI=1S/C70H82F3N15O13S2/c1-37-62(94)82-53(24-41-30-77-50-13-9-43(71)26-48(41)50)64(96)83-54(25-42-31-78-51-14-10-44(72)27-49(42)51)65(97)85-56(29-60(91)92)67(99)84-55(28-46-32-76-36-79-46)66(98)86-57(23-38-7-11-47(89)12-8-38)68(100)88-18-5-16-70(88,2)69(101)87-58(61(75)93)35-103-34-40-20-39(21-45(73)22-40)33-102-19-15-59(90)81-52(63(95)80-37)6-3-4-17-74/h7-14,20-22,26-27,30-32,36-37,52-58,77-78,89H,3-6,15-19,23-25,28-29,33-35,74H2,1-2H3,(H2,75,93)(H,76,79)(H,80,95)(H,81,90)(H,82,94)(H,83,96)(H,84,99)(H,85,97)(H,86,98)(H,87,101)(H,91,92)/t37-,52+,53+,54+,55+,56+,57+,58+,70+/m1/s1. The van der Waals surface area contributed by atoms with Gasteiger partial charge < -0.3 is 84.1 Å². The molecule has 17 N–H and O–H groups in total.